The van der Waals surface area contributed by atoms with E-state index in [0.29, 0.717) is 93.4 Å². The second-order valence-corrected chi connectivity index (χ2v) is 15.6. The minimum absolute atomic E-state index is 0. The number of amides is 1. The van der Waals surface area contributed by atoms with Crippen molar-refractivity contribution in [2.45, 2.75) is 77.0 Å². The number of hydrogen-bond donors (Lipinski definition) is 4. The van der Waals surface area contributed by atoms with Gasteiger partial charge in [-0.15, -0.1) is 0 Å². The Morgan fingerprint density at radius 3 is 1.59 bits per heavy atom. The normalized spacial score (nSPS) is 16.3. The van der Waals surface area contributed by atoms with Gasteiger partial charge in [-0.1, -0.05) is 12.1 Å². The van der Waals surface area contributed by atoms with E-state index in [2.05, 4.69) is 30.6 Å². The van der Waals surface area contributed by atoms with Gasteiger partial charge in [-0.25, -0.2) is 24.0 Å². The quantitative estimate of drug-likeness (QED) is 0.130. The van der Waals surface area contributed by atoms with Crippen LogP contribution in [0.15, 0.2) is 48.8 Å². The summed E-state index contributed by atoms with van der Waals surface area (Å²) in [6.07, 6.45) is 11.4. The van der Waals surface area contributed by atoms with Gasteiger partial charge < -0.3 is 37.0 Å². The van der Waals surface area contributed by atoms with Crippen LogP contribution in [0.1, 0.15) is 73.6 Å². The number of halogens is 2. The van der Waals surface area contributed by atoms with E-state index in [1.807, 2.05) is 46.2 Å². The zero-order valence-electron chi connectivity index (χ0n) is 34.5. The summed E-state index contributed by atoms with van der Waals surface area (Å²) >= 11 is 0. The number of aryl methyl sites for hydroxylation is 2. The van der Waals surface area contributed by atoms with Crippen molar-refractivity contribution in [2.24, 2.45) is 23.3 Å². The topological polar surface area (TPSA) is 232 Å². The van der Waals surface area contributed by atoms with Gasteiger partial charge in [0.15, 0.2) is 23.3 Å². The molecule has 0 atom stereocenters. The Morgan fingerprint density at radius 1 is 0.754 bits per heavy atom. The van der Waals surface area contributed by atoms with E-state index in [4.69, 9.17) is 21.8 Å². The molecule has 2 aliphatic carbocycles. The van der Waals surface area contributed by atoms with Crippen LogP contribution in [-0.2, 0) is 40.1 Å². The number of Topliss-reactive ketones (excluding diaryl/α,β-unsaturated/α-hetero) is 2. The molecule has 0 unspecified atom stereocenters. The Balaban J connectivity index is 0.000000215. The third-order valence-corrected chi connectivity index (χ3v) is 11.5. The van der Waals surface area contributed by atoms with Crippen LogP contribution in [0.3, 0.4) is 0 Å². The van der Waals surface area contributed by atoms with Crippen molar-refractivity contribution < 1.29 is 79.7 Å². The van der Waals surface area contributed by atoms with Gasteiger partial charge in [0, 0.05) is 75.9 Å². The third-order valence-electron chi connectivity index (χ3n) is 11.5. The molecular weight excluding hydrogens is 812 g/mol. The van der Waals surface area contributed by atoms with Crippen LogP contribution < -0.4 is 88.4 Å². The Kier molecular flexibility index (Phi) is 17.9. The van der Waals surface area contributed by atoms with Gasteiger partial charge in [-0.2, -0.15) is 9.97 Å². The van der Waals surface area contributed by atoms with E-state index < -0.39 is 11.6 Å². The molecule has 4 aromatic rings. The molecule has 2 fully saturated rings. The molecule has 1 amide bonds. The predicted molar refractivity (Wildman–Crippen MR) is 220 cm³/mol. The zero-order valence-corrected chi connectivity index (χ0v) is 37.6. The molecule has 316 valence electrons. The maximum absolute atomic E-state index is 14.4. The maximum Gasteiger partial charge on any atom is 1.00 e. The summed E-state index contributed by atoms with van der Waals surface area (Å²) in [6, 6.07) is 11.8. The summed E-state index contributed by atoms with van der Waals surface area (Å²) < 4.78 is 28.7. The molecule has 0 spiro atoms. The number of anilines is 6. The molecule has 2 aliphatic heterocycles. The molecule has 2 aromatic heterocycles. The third kappa shape index (κ3) is 13.4. The van der Waals surface area contributed by atoms with E-state index in [-0.39, 0.29) is 68.9 Å². The summed E-state index contributed by atoms with van der Waals surface area (Å²) in [7, 11) is 0. The number of ketones is 2. The summed E-state index contributed by atoms with van der Waals surface area (Å²) in [4.78, 5) is 55.1. The van der Waals surface area contributed by atoms with E-state index in [0.717, 1.165) is 86.1 Å². The van der Waals surface area contributed by atoms with Crippen LogP contribution in [-0.4, -0.2) is 70.1 Å². The van der Waals surface area contributed by atoms with Gasteiger partial charge in [0.2, 0.25) is 17.8 Å². The number of nitrogens with one attached hydrogen (secondary N) is 2. The number of hydrogen-bond acceptors (Lipinski definition) is 14. The number of nitriles is 1. The molecule has 4 heterocycles. The Labute approximate surface area is 396 Å². The maximum atomic E-state index is 14.4. The molecule has 0 bridgehead atoms. The average molecular weight is 862 g/mol. The number of fused-ring (bicyclic) bond motifs is 2. The van der Waals surface area contributed by atoms with Crippen LogP contribution in [0, 0.1) is 35.0 Å². The summed E-state index contributed by atoms with van der Waals surface area (Å²) in [5.41, 5.74) is 17.1. The van der Waals surface area contributed by atoms with Gasteiger partial charge in [-0.3, -0.25) is 14.4 Å². The van der Waals surface area contributed by atoms with Crippen molar-refractivity contribution in [1.29, 1.82) is 5.26 Å². The average Bonchev–Trinajstić information content (AvgIpc) is 3.25. The van der Waals surface area contributed by atoms with Crippen molar-refractivity contribution in [3.05, 3.63) is 82.7 Å². The van der Waals surface area contributed by atoms with Crippen molar-refractivity contribution in [3.8, 4) is 6.26 Å². The molecule has 61 heavy (non-hydrogen) atoms. The number of carbonyl (C=O) groups is 3. The van der Waals surface area contributed by atoms with Crippen LogP contribution in [0.25, 0.3) is 0 Å². The summed E-state index contributed by atoms with van der Waals surface area (Å²) in [6.45, 7) is 3.55. The van der Waals surface area contributed by atoms with Crippen LogP contribution >= 0.6 is 0 Å². The van der Waals surface area contributed by atoms with Gasteiger partial charge in [-0.05, 0) is 110 Å². The van der Waals surface area contributed by atoms with Crippen molar-refractivity contribution >= 4 is 52.4 Å². The number of nitrogens with zero attached hydrogens (tertiary/aromatic N) is 7. The van der Waals surface area contributed by atoms with Crippen LogP contribution in [0.4, 0.5) is 43.7 Å². The van der Waals surface area contributed by atoms with E-state index >= 15 is 0 Å². The van der Waals surface area contributed by atoms with Crippen LogP contribution in [0.2, 0.25) is 0 Å². The fourth-order valence-electron chi connectivity index (χ4n) is 8.07. The molecule has 6 N–H and O–H groups in total. The Bertz CT molecular complexity index is 2210. The molecular formula is C43H50F2KN11O4. The van der Waals surface area contributed by atoms with Crippen LogP contribution in [0.5, 0.6) is 0 Å². The first-order chi connectivity index (χ1) is 29.0. The van der Waals surface area contributed by atoms with E-state index in [1.54, 1.807) is 0 Å². The second kappa shape index (κ2) is 23.0. The van der Waals surface area contributed by atoms with E-state index in [9.17, 15) is 23.2 Å². The van der Waals surface area contributed by atoms with Crippen molar-refractivity contribution in [2.75, 3.05) is 53.2 Å². The number of benzene rings is 2. The van der Waals surface area contributed by atoms with Gasteiger partial charge in [0.1, 0.15) is 11.6 Å². The number of carbonyl (C=O) groups excluding carboxylic acids is 3. The number of rotatable bonds is 10. The first-order valence-electron chi connectivity index (χ1n) is 20.4. The first kappa shape index (κ1) is 47.4. The second-order valence-electron chi connectivity index (χ2n) is 15.6. The molecule has 2 saturated heterocycles. The molecule has 0 saturated carbocycles. The SMILES string of the molecule is N#C[O-].NC(=O)CCC1CCN(c2nc(Nc3ccc4c(c3)CCC(=O)C4)ncc2F)CC1.NCC1CCN(c2nc(Nc3ccc4c(c3)CCC(=O)C4)ncc2F)CC1.[K+]. The molecule has 4 aliphatic rings. The molecule has 0 radical (unpaired) electrons. The molecule has 2 aromatic carbocycles. The minimum atomic E-state index is -0.444. The molecule has 15 nitrogen and oxygen atoms in total. The van der Waals surface area contributed by atoms with Gasteiger partial charge in [0.05, 0.1) is 12.4 Å². The largest absolute Gasteiger partial charge is 1.00 e. The fourth-order valence-corrected chi connectivity index (χ4v) is 8.07. The number of piperidine rings is 2. The first-order valence-corrected chi connectivity index (χ1v) is 20.4. The number of nitrogens with two attached hydrogens (primary N) is 2. The van der Waals surface area contributed by atoms with Gasteiger partial charge >= 0.3 is 51.4 Å². The number of primary amides is 1. The summed E-state index contributed by atoms with van der Waals surface area (Å²) in [5, 5.41) is 21.3. The summed E-state index contributed by atoms with van der Waals surface area (Å²) in [5.74, 6) is 1.72. The number of aromatic nitrogens is 4. The monoisotopic (exact) mass is 861 g/mol. The van der Waals surface area contributed by atoms with Crippen molar-refractivity contribution in [1.82, 2.24) is 19.9 Å². The standard InChI is InChI=1S/C22H26FN5O2.C20H24FN5O.CHNO.K/c23-19-13-25-22(26-17-4-2-16-12-18(29)5-3-15(16)11-17)27-21(19)28-9-7-14(8-10-28)1-6-20(24)30;21-18-12-23-20(25-19(18)26-7-5-13(11-22)6-8-26)24-16-3-1-15-10-17(27)4-2-14(15)9-16;2-1-3;/h2,4,11,13-14H,1,3,5-10,12H2,(H2,24,30)(H,25,26,27);1,3,9,12-13H,2,4-8,10-11,22H2,(H,23,24,25);3H;/q;;;+1/p-1. The molecule has 8 rings (SSSR count). The minimum Gasteiger partial charge on any atom is -0.812 e. The van der Waals surface area contributed by atoms with E-state index in [1.165, 1.54) is 18.0 Å². The Morgan fingerprint density at radius 2 is 1.18 bits per heavy atom. The Hall–Kier alpha value is -4.64. The van der Waals surface area contributed by atoms with Gasteiger partial charge in [0.25, 0.3) is 0 Å². The fraction of sp³-hybridized carbons (Fsp3) is 0.442. The van der Waals surface area contributed by atoms with Crippen molar-refractivity contribution in [3.63, 3.8) is 0 Å². The zero-order chi connectivity index (χ0) is 42.6. The smallest absolute Gasteiger partial charge is 0.812 e. The molecule has 18 heteroatoms. The predicted octanol–water partition coefficient (Wildman–Crippen LogP) is 1.32.